The topological polar surface area (TPSA) is 37.4 Å². The zero-order valence-electron chi connectivity index (χ0n) is 15.7. The van der Waals surface area contributed by atoms with Gasteiger partial charge in [-0.2, -0.15) is 0 Å². The number of benzene rings is 3. The molecule has 30 heavy (non-hydrogen) atoms. The zero-order valence-corrected chi connectivity index (χ0v) is 18.1. The van der Waals surface area contributed by atoms with Crippen LogP contribution in [0.15, 0.2) is 107 Å². The van der Waals surface area contributed by atoms with Crippen molar-refractivity contribution in [1.82, 2.24) is 0 Å². The maximum absolute atomic E-state index is 12.7. The van der Waals surface area contributed by atoms with E-state index in [1.807, 2.05) is 53.4 Å². The molecule has 0 amide bonds. The van der Waals surface area contributed by atoms with Gasteiger partial charge in [0, 0.05) is 34.0 Å². The van der Waals surface area contributed by atoms with Gasteiger partial charge in [-0.25, -0.2) is 0 Å². The second-order valence-corrected chi connectivity index (χ2v) is 9.01. The fraction of sp³-hybridized carbons (Fsp3) is 0. The highest BCUT2D eigenvalue weighted by Crippen LogP contribution is 2.51. The molecule has 0 N–H and O–H groups in total. The Hall–Kier alpha value is -2.73. The lowest BCUT2D eigenvalue weighted by atomic mass is 10.1. The van der Waals surface area contributed by atoms with Crippen molar-refractivity contribution in [3.05, 3.63) is 123 Å². The van der Waals surface area contributed by atoms with Gasteiger partial charge >= 0.3 is 0 Å². The van der Waals surface area contributed by atoms with Gasteiger partial charge in [-0.05, 0) is 45.9 Å². The van der Waals surface area contributed by atoms with Gasteiger partial charge in [0.2, 0.25) is 0 Å². The normalized spacial score (nSPS) is 16.2. The Morgan fingerprint density at radius 3 is 1.53 bits per heavy atom. The van der Waals surface area contributed by atoms with Gasteiger partial charge in [0.05, 0.1) is 10.1 Å². The summed E-state index contributed by atoms with van der Waals surface area (Å²) in [6, 6.07) is 25.6. The van der Waals surface area contributed by atoms with Crippen LogP contribution in [0, 0.1) is 0 Å². The molecule has 148 valence electrons. The minimum Gasteiger partial charge on any atom is -0.297 e. The van der Waals surface area contributed by atoms with Gasteiger partial charge in [-0.3, -0.25) is 14.5 Å². The number of carbonyl (C=O) groups is 2. The first-order chi connectivity index (χ1) is 14.6. The van der Waals surface area contributed by atoms with E-state index in [0.29, 0.717) is 16.1 Å². The Morgan fingerprint density at radius 2 is 1.10 bits per heavy atom. The summed E-state index contributed by atoms with van der Waals surface area (Å²) in [6.07, 6.45) is 3.21. The molecule has 3 aromatic rings. The summed E-state index contributed by atoms with van der Waals surface area (Å²) in [5.41, 5.74) is 2.06. The number of hydrogen-bond donors (Lipinski definition) is 0. The Labute approximate surface area is 187 Å². The van der Waals surface area contributed by atoms with Gasteiger partial charge in [0.1, 0.15) is 0 Å². The third-order valence-corrected chi connectivity index (χ3v) is 6.92. The van der Waals surface area contributed by atoms with Gasteiger partial charge in [0.15, 0.2) is 11.6 Å². The molecule has 0 saturated carbocycles. The van der Waals surface area contributed by atoms with E-state index in [9.17, 15) is 9.59 Å². The van der Waals surface area contributed by atoms with E-state index in [4.69, 9.17) is 11.6 Å². The van der Waals surface area contributed by atoms with Crippen molar-refractivity contribution in [3.8, 4) is 0 Å². The molecule has 1 fully saturated rings. The lowest BCUT2D eigenvalue weighted by molar-refractivity contribution is 0.103. The van der Waals surface area contributed by atoms with Gasteiger partial charge in [-0.15, -0.1) is 0 Å². The summed E-state index contributed by atoms with van der Waals surface area (Å²) in [5, 5.41) is 2.10. The van der Waals surface area contributed by atoms with Crippen LogP contribution < -0.4 is 4.90 Å². The van der Waals surface area contributed by atoms with Crippen LogP contribution in [-0.2, 0) is 0 Å². The molecular weight excluding hydrogens is 434 g/mol. The van der Waals surface area contributed by atoms with Gasteiger partial charge in [0.25, 0.3) is 0 Å². The van der Waals surface area contributed by atoms with Crippen LogP contribution in [0.2, 0.25) is 5.02 Å². The molecule has 3 aromatic carbocycles. The zero-order chi connectivity index (χ0) is 20.9. The second-order valence-electron chi connectivity index (χ2n) is 6.40. The molecule has 3 nitrogen and oxygen atoms in total. The Morgan fingerprint density at radius 1 is 0.667 bits per heavy atom. The minimum absolute atomic E-state index is 0.0895. The molecule has 1 heterocycles. The summed E-state index contributed by atoms with van der Waals surface area (Å²) in [4.78, 5) is 27.4. The first kappa shape index (κ1) is 20.5. The van der Waals surface area contributed by atoms with E-state index in [1.54, 1.807) is 48.6 Å². The Kier molecular flexibility index (Phi) is 6.43. The fourth-order valence-electron chi connectivity index (χ4n) is 2.89. The van der Waals surface area contributed by atoms with Crippen molar-refractivity contribution in [2.45, 2.75) is 0 Å². The van der Waals surface area contributed by atoms with Crippen molar-refractivity contribution in [3.63, 3.8) is 0 Å². The van der Waals surface area contributed by atoms with Crippen LogP contribution in [0.1, 0.15) is 20.7 Å². The van der Waals surface area contributed by atoms with Crippen LogP contribution in [0.5, 0.6) is 0 Å². The summed E-state index contributed by atoms with van der Waals surface area (Å²) >= 11 is 6.05. The number of ketones is 2. The van der Waals surface area contributed by atoms with E-state index in [-0.39, 0.29) is 11.6 Å². The molecule has 4 rings (SSSR count). The molecule has 0 bridgehead atoms. The predicted molar refractivity (Wildman–Crippen MR) is 127 cm³/mol. The van der Waals surface area contributed by atoms with E-state index in [2.05, 4.69) is 0 Å². The number of nitrogens with zero attached hydrogens (tertiary/aromatic N) is 1. The van der Waals surface area contributed by atoms with Crippen molar-refractivity contribution in [1.29, 1.82) is 0 Å². The van der Waals surface area contributed by atoms with Gasteiger partial charge in [-0.1, -0.05) is 72.3 Å². The average Bonchev–Trinajstić information content (AvgIpc) is 3.17. The highest BCUT2D eigenvalue weighted by Gasteiger charge is 2.28. The molecular formula is C24H16ClNO2S2. The lowest BCUT2D eigenvalue weighted by Crippen LogP contribution is -2.16. The van der Waals surface area contributed by atoms with Crippen LogP contribution >= 0.6 is 33.2 Å². The van der Waals surface area contributed by atoms with Crippen LogP contribution in [0.25, 0.3) is 0 Å². The summed E-state index contributed by atoms with van der Waals surface area (Å²) in [5.74, 6) is -0.179. The Balaban J connectivity index is 1.71. The molecule has 0 radical (unpaired) electrons. The monoisotopic (exact) mass is 449 g/mol. The van der Waals surface area contributed by atoms with Crippen LogP contribution in [0.4, 0.5) is 5.69 Å². The molecule has 0 aromatic heterocycles. The first-order valence-electron chi connectivity index (χ1n) is 9.14. The lowest BCUT2D eigenvalue weighted by Gasteiger charge is -2.20. The minimum atomic E-state index is -0.0895. The highest BCUT2D eigenvalue weighted by molar-refractivity contribution is 8.80. The quantitative estimate of drug-likeness (QED) is 0.238. The third kappa shape index (κ3) is 4.70. The van der Waals surface area contributed by atoms with E-state index < -0.39 is 0 Å². The summed E-state index contributed by atoms with van der Waals surface area (Å²) < 4.78 is 0. The highest BCUT2D eigenvalue weighted by atomic mass is 35.5. The van der Waals surface area contributed by atoms with E-state index >= 15 is 0 Å². The first-order valence-corrected chi connectivity index (χ1v) is 11.7. The molecule has 1 aliphatic heterocycles. The maximum atomic E-state index is 12.7. The maximum Gasteiger partial charge on any atom is 0.188 e. The molecule has 1 saturated heterocycles. The SMILES string of the molecule is O=C(/C=C1\SS/C(=C\C(=O)c2ccccc2)N1c1ccc(Cl)cc1)c1ccccc1. The van der Waals surface area contributed by atoms with Crippen molar-refractivity contribution < 1.29 is 9.59 Å². The van der Waals surface area contributed by atoms with E-state index in [1.165, 1.54) is 21.6 Å². The second kappa shape index (κ2) is 9.39. The number of halogens is 1. The number of carbonyl (C=O) groups excluding carboxylic acids is 2. The molecule has 6 heteroatoms. The molecule has 0 aliphatic carbocycles. The largest absolute Gasteiger partial charge is 0.297 e. The predicted octanol–water partition coefficient (Wildman–Crippen LogP) is 6.99. The van der Waals surface area contributed by atoms with Crippen LogP contribution in [-0.4, -0.2) is 11.6 Å². The average molecular weight is 450 g/mol. The smallest absolute Gasteiger partial charge is 0.188 e. The molecule has 0 unspecified atom stereocenters. The van der Waals surface area contributed by atoms with Crippen molar-refractivity contribution >= 4 is 50.4 Å². The molecule has 1 aliphatic rings. The van der Waals surface area contributed by atoms with Crippen LogP contribution in [0.3, 0.4) is 0 Å². The van der Waals surface area contributed by atoms with Crippen molar-refractivity contribution in [2.24, 2.45) is 0 Å². The fourth-order valence-corrected chi connectivity index (χ4v) is 5.36. The standard InChI is InChI=1S/C24H16ClNO2S2/c25-19-11-13-20(14-12-19)26-23(15-21(27)17-7-3-1-4-8-17)29-30-24(26)16-22(28)18-9-5-2-6-10-18/h1-16H/b23-15-,24-16-. The number of allylic oxidation sites excluding steroid dienone is 2. The molecule has 0 atom stereocenters. The number of anilines is 1. The Bertz CT molecular complexity index is 1060. The number of hydrogen-bond acceptors (Lipinski definition) is 5. The van der Waals surface area contributed by atoms with E-state index in [0.717, 1.165) is 15.7 Å². The summed E-state index contributed by atoms with van der Waals surface area (Å²) in [6.45, 7) is 0. The van der Waals surface area contributed by atoms with Crippen molar-refractivity contribution in [2.75, 3.05) is 4.90 Å². The number of rotatable bonds is 5. The van der Waals surface area contributed by atoms with Gasteiger partial charge < -0.3 is 0 Å². The summed E-state index contributed by atoms with van der Waals surface area (Å²) in [7, 11) is 2.89. The third-order valence-electron chi connectivity index (χ3n) is 4.36. The molecule has 0 spiro atoms.